The summed E-state index contributed by atoms with van der Waals surface area (Å²) in [6.07, 6.45) is 84.2. The maximum absolute atomic E-state index is 12.1. The van der Waals surface area contributed by atoms with Crippen LogP contribution in [0.15, 0.2) is 12.2 Å². The van der Waals surface area contributed by atoms with E-state index in [0.717, 1.165) is 18.8 Å². The van der Waals surface area contributed by atoms with Crippen LogP contribution in [0.4, 0.5) is 0 Å². The van der Waals surface area contributed by atoms with Gasteiger partial charge >= 0.3 is 5.97 Å². The summed E-state index contributed by atoms with van der Waals surface area (Å²) in [4.78, 5) is 12.1. The minimum atomic E-state index is 0.0322. The highest BCUT2D eigenvalue weighted by Gasteiger charge is 2.04. The Morgan fingerprint density at radius 2 is 0.552 bits per heavy atom. The molecule has 0 aromatic rings. The summed E-state index contributed by atoms with van der Waals surface area (Å²) < 4.78 is 5.52. The summed E-state index contributed by atoms with van der Waals surface area (Å²) in [6, 6.07) is 0. The molecule has 1 unspecified atom stereocenters. The molecule has 0 radical (unpaired) electrons. The number of esters is 1. The van der Waals surface area contributed by atoms with Crippen molar-refractivity contribution in [3.05, 3.63) is 12.2 Å². The van der Waals surface area contributed by atoms with E-state index in [9.17, 15) is 4.79 Å². The highest BCUT2D eigenvalue weighted by Crippen LogP contribution is 2.19. The van der Waals surface area contributed by atoms with Crippen molar-refractivity contribution in [1.29, 1.82) is 0 Å². The van der Waals surface area contributed by atoms with Crippen molar-refractivity contribution in [3.63, 3.8) is 0 Å². The van der Waals surface area contributed by atoms with Gasteiger partial charge in [-0.15, -0.1) is 0 Å². The van der Waals surface area contributed by atoms with Crippen molar-refractivity contribution in [2.24, 2.45) is 5.92 Å². The average molecular weight is 942 g/mol. The van der Waals surface area contributed by atoms with Crippen molar-refractivity contribution in [1.82, 2.24) is 0 Å². The second-order valence-corrected chi connectivity index (χ2v) is 22.4. The van der Waals surface area contributed by atoms with Gasteiger partial charge in [0.15, 0.2) is 0 Å². The van der Waals surface area contributed by atoms with Crippen LogP contribution in [0, 0.1) is 5.92 Å². The Morgan fingerprint density at radius 1 is 0.313 bits per heavy atom. The molecule has 0 amide bonds. The largest absolute Gasteiger partial charge is 0.466 e. The third kappa shape index (κ3) is 61.3. The summed E-state index contributed by atoms with van der Waals surface area (Å²) in [5, 5.41) is 0. The van der Waals surface area contributed by atoms with E-state index in [0.29, 0.717) is 13.0 Å². The molecule has 67 heavy (non-hydrogen) atoms. The molecule has 0 N–H and O–H groups in total. The fraction of sp³-hybridized carbons (Fsp3) is 0.954. The normalized spacial score (nSPS) is 12.2. The maximum Gasteiger partial charge on any atom is 0.305 e. The number of allylic oxidation sites excluding steroid dienone is 2. The van der Waals surface area contributed by atoms with E-state index in [1.54, 1.807) is 0 Å². The van der Waals surface area contributed by atoms with Gasteiger partial charge in [0.2, 0.25) is 0 Å². The number of hydrogen-bond acceptors (Lipinski definition) is 2. The molecule has 0 fully saturated rings. The van der Waals surface area contributed by atoms with Gasteiger partial charge in [-0.25, -0.2) is 0 Å². The minimum absolute atomic E-state index is 0.0322. The first kappa shape index (κ1) is 66.2. The molecule has 0 rings (SSSR count). The van der Waals surface area contributed by atoms with Gasteiger partial charge in [-0.1, -0.05) is 354 Å². The van der Waals surface area contributed by atoms with Crippen LogP contribution >= 0.6 is 0 Å². The van der Waals surface area contributed by atoms with Crippen molar-refractivity contribution < 1.29 is 9.53 Å². The fourth-order valence-corrected chi connectivity index (χ4v) is 10.3. The van der Waals surface area contributed by atoms with E-state index in [1.165, 1.54) is 347 Å². The first-order chi connectivity index (χ1) is 33.2. The third-order valence-electron chi connectivity index (χ3n) is 15.4. The Bertz CT molecular complexity index is 909. The Kier molecular flexibility index (Phi) is 60.6. The van der Waals surface area contributed by atoms with Crippen LogP contribution in [0.3, 0.4) is 0 Å². The predicted octanol–water partition coefficient (Wildman–Crippen LogP) is 24.0. The predicted molar refractivity (Wildman–Crippen MR) is 304 cm³/mol. The lowest BCUT2D eigenvalue weighted by Gasteiger charge is -2.07. The first-order valence-electron chi connectivity index (χ1n) is 32.0. The number of carbonyl (C=O) groups is 1. The van der Waals surface area contributed by atoms with Crippen LogP contribution in [0.1, 0.15) is 387 Å². The van der Waals surface area contributed by atoms with E-state index in [-0.39, 0.29) is 5.97 Å². The van der Waals surface area contributed by atoms with Crippen LogP contribution < -0.4 is 0 Å². The summed E-state index contributed by atoms with van der Waals surface area (Å²) in [5.74, 6) is 0.973. The lowest BCUT2D eigenvalue weighted by molar-refractivity contribution is -0.143. The van der Waals surface area contributed by atoms with E-state index in [2.05, 4.69) is 32.9 Å². The molecular weight excluding hydrogens is 813 g/mol. The van der Waals surface area contributed by atoms with E-state index in [1.807, 2.05) is 0 Å². The Balaban J connectivity index is 3.15. The molecule has 2 heteroatoms. The molecule has 400 valence electrons. The molecule has 0 aromatic carbocycles. The van der Waals surface area contributed by atoms with E-state index < -0.39 is 0 Å². The topological polar surface area (TPSA) is 26.3 Å². The van der Waals surface area contributed by atoms with Crippen molar-refractivity contribution in [2.45, 2.75) is 387 Å². The second kappa shape index (κ2) is 61.3. The molecule has 0 aliphatic rings. The molecule has 0 aromatic heterocycles. The molecule has 0 spiro atoms. The Hall–Kier alpha value is -0.790. The van der Waals surface area contributed by atoms with Gasteiger partial charge < -0.3 is 4.74 Å². The number of ether oxygens (including phenoxy) is 1. The molecule has 0 aliphatic heterocycles. The maximum atomic E-state index is 12.1. The quantitative estimate of drug-likeness (QED) is 0.0345. The average Bonchev–Trinajstić information content (AvgIpc) is 3.33. The Labute approximate surface area is 425 Å². The zero-order valence-corrected chi connectivity index (χ0v) is 47.1. The van der Waals surface area contributed by atoms with Gasteiger partial charge in [0, 0.05) is 6.42 Å². The molecule has 0 saturated heterocycles. The monoisotopic (exact) mass is 941 g/mol. The third-order valence-corrected chi connectivity index (χ3v) is 15.4. The Morgan fingerprint density at radius 3 is 0.836 bits per heavy atom. The first-order valence-corrected chi connectivity index (χ1v) is 32.0. The van der Waals surface area contributed by atoms with Crippen LogP contribution in [-0.4, -0.2) is 12.6 Å². The molecule has 0 bridgehead atoms. The molecule has 2 nitrogen and oxygen atoms in total. The zero-order chi connectivity index (χ0) is 48.3. The fourth-order valence-electron chi connectivity index (χ4n) is 10.3. The number of unbranched alkanes of at least 4 members (excludes halogenated alkanes) is 51. The second-order valence-electron chi connectivity index (χ2n) is 22.4. The number of carbonyl (C=O) groups excluding carboxylic acids is 1. The smallest absolute Gasteiger partial charge is 0.305 e. The molecule has 0 aliphatic carbocycles. The van der Waals surface area contributed by atoms with Crippen molar-refractivity contribution in [2.75, 3.05) is 6.61 Å². The van der Waals surface area contributed by atoms with Crippen LogP contribution in [0.2, 0.25) is 0 Å². The standard InChI is InChI=1S/C65H128O2/c1-4-6-7-8-9-10-11-12-13-14-15-31-35-38-41-44-47-50-53-56-59-62-65(66)67-63-60-57-54-51-48-45-42-39-36-33-30-28-26-24-22-20-18-16-17-19-21-23-25-27-29-32-34-37-40-43-46-49-52-55-58-61-64(3)5-2/h12-13,64H,4-11,14-63H2,1-3H3. The van der Waals surface area contributed by atoms with E-state index >= 15 is 0 Å². The van der Waals surface area contributed by atoms with Crippen molar-refractivity contribution >= 4 is 5.97 Å². The highest BCUT2D eigenvalue weighted by molar-refractivity contribution is 5.69. The van der Waals surface area contributed by atoms with Gasteiger partial charge in [-0.3, -0.25) is 4.79 Å². The summed E-state index contributed by atoms with van der Waals surface area (Å²) >= 11 is 0. The van der Waals surface area contributed by atoms with Gasteiger partial charge in [0.25, 0.3) is 0 Å². The van der Waals surface area contributed by atoms with Gasteiger partial charge in [0.05, 0.1) is 6.61 Å². The summed E-state index contributed by atoms with van der Waals surface area (Å²) in [5.41, 5.74) is 0. The molecule has 0 heterocycles. The summed E-state index contributed by atoms with van der Waals surface area (Å²) in [6.45, 7) is 7.66. The molecule has 0 saturated carbocycles. The van der Waals surface area contributed by atoms with Gasteiger partial charge in [-0.2, -0.15) is 0 Å². The zero-order valence-electron chi connectivity index (χ0n) is 47.1. The van der Waals surface area contributed by atoms with Crippen LogP contribution in [0.25, 0.3) is 0 Å². The number of rotatable bonds is 60. The summed E-state index contributed by atoms with van der Waals surface area (Å²) in [7, 11) is 0. The lowest BCUT2D eigenvalue weighted by Crippen LogP contribution is -2.05. The van der Waals surface area contributed by atoms with Crippen molar-refractivity contribution in [3.8, 4) is 0 Å². The van der Waals surface area contributed by atoms with Gasteiger partial charge in [-0.05, 0) is 44.4 Å². The van der Waals surface area contributed by atoms with E-state index in [4.69, 9.17) is 4.74 Å². The molecular formula is C65H128O2. The molecule has 1 atom stereocenters. The SMILES string of the molecule is CCCCCCCCC=CCCCCCCCCCCCCCC(=O)OCCCCCCCCCCCCCCCCCCCCCCCCCCCCCCCCCCCCCC(C)CC. The lowest BCUT2D eigenvalue weighted by atomic mass is 9.99. The highest BCUT2D eigenvalue weighted by atomic mass is 16.5. The van der Waals surface area contributed by atoms with Crippen LogP contribution in [0.5, 0.6) is 0 Å². The number of hydrogen-bond donors (Lipinski definition) is 0. The minimum Gasteiger partial charge on any atom is -0.466 e. The van der Waals surface area contributed by atoms with Crippen LogP contribution in [-0.2, 0) is 9.53 Å². The van der Waals surface area contributed by atoms with Gasteiger partial charge in [0.1, 0.15) is 0 Å².